The smallest absolute Gasteiger partial charge is 0.321 e. The lowest BCUT2D eigenvalue weighted by Gasteiger charge is -2.05. The molecule has 2 aromatic heterocycles. The molecule has 0 unspecified atom stereocenters. The summed E-state index contributed by atoms with van der Waals surface area (Å²) in [7, 11) is 1.90. The van der Waals surface area contributed by atoms with Crippen molar-refractivity contribution < 1.29 is 4.79 Å². The molecule has 0 spiro atoms. The van der Waals surface area contributed by atoms with Crippen molar-refractivity contribution in [3.63, 3.8) is 0 Å². The number of hydrogen-bond acceptors (Lipinski definition) is 6. The van der Waals surface area contributed by atoms with E-state index < -0.39 is 0 Å². The molecule has 0 aliphatic heterocycles. The van der Waals surface area contributed by atoms with Gasteiger partial charge in [0.25, 0.3) is 0 Å². The van der Waals surface area contributed by atoms with Crippen LogP contribution in [0.4, 0.5) is 9.93 Å². The van der Waals surface area contributed by atoms with Crippen molar-refractivity contribution in [2.24, 2.45) is 7.05 Å². The zero-order chi connectivity index (χ0) is 13.5. The van der Waals surface area contributed by atoms with Gasteiger partial charge in [0.05, 0.1) is 0 Å². The van der Waals surface area contributed by atoms with Crippen LogP contribution >= 0.6 is 23.1 Å². The van der Waals surface area contributed by atoms with E-state index in [1.54, 1.807) is 24.3 Å². The third kappa shape index (κ3) is 4.52. The van der Waals surface area contributed by atoms with Crippen LogP contribution in [0.3, 0.4) is 0 Å². The number of urea groups is 1. The molecule has 19 heavy (non-hydrogen) atoms. The fraction of sp³-hybridized carbons (Fsp3) is 0.400. The molecule has 0 bridgehead atoms. The van der Waals surface area contributed by atoms with E-state index >= 15 is 0 Å². The van der Waals surface area contributed by atoms with Crippen molar-refractivity contribution in [3.05, 3.63) is 17.9 Å². The number of carbonyl (C=O) groups excluding carboxylic acids is 1. The van der Waals surface area contributed by atoms with Gasteiger partial charge >= 0.3 is 6.03 Å². The third-order valence-corrected chi connectivity index (χ3v) is 3.97. The van der Waals surface area contributed by atoms with E-state index in [4.69, 9.17) is 0 Å². The molecule has 0 aromatic carbocycles. The van der Waals surface area contributed by atoms with Crippen molar-refractivity contribution in [1.29, 1.82) is 0 Å². The van der Waals surface area contributed by atoms with Crippen molar-refractivity contribution in [1.82, 2.24) is 25.1 Å². The summed E-state index contributed by atoms with van der Waals surface area (Å²) in [5, 5.41) is 16.5. The van der Waals surface area contributed by atoms with Gasteiger partial charge in [0.2, 0.25) is 0 Å². The maximum absolute atomic E-state index is 11.5. The minimum Gasteiger partial charge on any atom is -0.338 e. The number of thiazole rings is 1. The molecule has 0 fully saturated rings. The van der Waals surface area contributed by atoms with Crippen LogP contribution < -0.4 is 10.6 Å². The average molecular weight is 298 g/mol. The SMILES string of the molecule is Cn1cnnc1SCCCNC(=O)Nc1nccs1. The fourth-order valence-corrected chi connectivity index (χ4v) is 2.62. The van der Waals surface area contributed by atoms with Gasteiger partial charge in [-0.2, -0.15) is 0 Å². The van der Waals surface area contributed by atoms with E-state index in [9.17, 15) is 4.79 Å². The first-order valence-corrected chi connectivity index (χ1v) is 7.53. The van der Waals surface area contributed by atoms with E-state index in [1.165, 1.54) is 11.3 Å². The topological polar surface area (TPSA) is 84.7 Å². The van der Waals surface area contributed by atoms with Crippen molar-refractivity contribution in [2.75, 3.05) is 17.6 Å². The summed E-state index contributed by atoms with van der Waals surface area (Å²) in [5.74, 6) is 0.879. The van der Waals surface area contributed by atoms with E-state index in [-0.39, 0.29) is 6.03 Å². The lowest BCUT2D eigenvalue weighted by atomic mass is 10.5. The summed E-state index contributed by atoms with van der Waals surface area (Å²) in [5.41, 5.74) is 0. The Labute approximate surface area is 118 Å². The molecule has 2 amide bonds. The van der Waals surface area contributed by atoms with Gasteiger partial charge < -0.3 is 9.88 Å². The fourth-order valence-electron chi connectivity index (χ4n) is 1.27. The van der Waals surface area contributed by atoms with Crippen LogP contribution in [-0.2, 0) is 7.05 Å². The predicted octanol–water partition coefficient (Wildman–Crippen LogP) is 1.58. The molecule has 2 heterocycles. The van der Waals surface area contributed by atoms with Crippen LogP contribution in [0.2, 0.25) is 0 Å². The normalized spacial score (nSPS) is 10.4. The molecule has 0 radical (unpaired) electrons. The Hall–Kier alpha value is -1.61. The van der Waals surface area contributed by atoms with Gasteiger partial charge in [0.1, 0.15) is 6.33 Å². The monoisotopic (exact) mass is 298 g/mol. The van der Waals surface area contributed by atoms with Gasteiger partial charge in [-0.1, -0.05) is 11.8 Å². The highest BCUT2D eigenvalue weighted by atomic mass is 32.2. The number of thioether (sulfide) groups is 1. The summed E-state index contributed by atoms with van der Waals surface area (Å²) in [6.07, 6.45) is 4.18. The summed E-state index contributed by atoms with van der Waals surface area (Å²) in [6, 6.07) is -0.224. The average Bonchev–Trinajstić information content (AvgIpc) is 3.01. The Morgan fingerprint density at radius 2 is 2.47 bits per heavy atom. The Balaban J connectivity index is 1.57. The number of nitrogens with zero attached hydrogens (tertiary/aromatic N) is 4. The Morgan fingerprint density at radius 1 is 1.58 bits per heavy atom. The molecule has 0 aliphatic rings. The third-order valence-electron chi connectivity index (χ3n) is 2.16. The largest absolute Gasteiger partial charge is 0.338 e. The summed E-state index contributed by atoms with van der Waals surface area (Å²) in [6.45, 7) is 0.613. The summed E-state index contributed by atoms with van der Waals surface area (Å²) >= 11 is 3.01. The maximum Gasteiger partial charge on any atom is 0.321 e. The molecule has 7 nitrogen and oxygen atoms in total. The van der Waals surface area contributed by atoms with Crippen molar-refractivity contribution >= 4 is 34.3 Å². The van der Waals surface area contributed by atoms with E-state index in [0.29, 0.717) is 11.7 Å². The lowest BCUT2D eigenvalue weighted by molar-refractivity contribution is 0.252. The molecule has 2 aromatic rings. The molecule has 102 valence electrons. The molecular weight excluding hydrogens is 284 g/mol. The molecule has 0 atom stereocenters. The number of anilines is 1. The Kier molecular flexibility index (Phi) is 5.16. The van der Waals surface area contributed by atoms with Crippen LogP contribution in [0.1, 0.15) is 6.42 Å². The highest BCUT2D eigenvalue weighted by molar-refractivity contribution is 7.99. The number of carbonyl (C=O) groups is 1. The predicted molar refractivity (Wildman–Crippen MR) is 75.5 cm³/mol. The number of amides is 2. The van der Waals surface area contributed by atoms with Gasteiger partial charge in [-0.3, -0.25) is 5.32 Å². The number of hydrogen-bond donors (Lipinski definition) is 2. The first-order chi connectivity index (χ1) is 9.25. The van der Waals surface area contributed by atoms with E-state index in [0.717, 1.165) is 17.3 Å². The van der Waals surface area contributed by atoms with Gasteiger partial charge in [0, 0.05) is 30.9 Å². The van der Waals surface area contributed by atoms with Gasteiger partial charge in [0.15, 0.2) is 10.3 Å². The molecule has 2 rings (SSSR count). The van der Waals surface area contributed by atoms with Crippen LogP contribution in [-0.4, -0.2) is 38.1 Å². The molecule has 0 aliphatic carbocycles. The zero-order valence-electron chi connectivity index (χ0n) is 10.4. The second-order valence-corrected chi connectivity index (χ2v) is 5.60. The molecule has 9 heteroatoms. The number of aryl methyl sites for hydroxylation is 1. The molecule has 0 saturated carbocycles. The number of aromatic nitrogens is 4. The Bertz CT molecular complexity index is 512. The second kappa shape index (κ2) is 7.10. The van der Waals surface area contributed by atoms with E-state index in [1.807, 2.05) is 17.0 Å². The van der Waals surface area contributed by atoms with Gasteiger partial charge in [-0.25, -0.2) is 9.78 Å². The lowest BCUT2D eigenvalue weighted by Crippen LogP contribution is -2.29. The minimum atomic E-state index is -0.224. The van der Waals surface area contributed by atoms with Gasteiger partial charge in [-0.15, -0.1) is 21.5 Å². The maximum atomic E-state index is 11.5. The van der Waals surface area contributed by atoms with Crippen LogP contribution in [0.15, 0.2) is 23.1 Å². The van der Waals surface area contributed by atoms with Gasteiger partial charge in [-0.05, 0) is 6.42 Å². The van der Waals surface area contributed by atoms with Crippen LogP contribution in [0.25, 0.3) is 0 Å². The van der Waals surface area contributed by atoms with Crippen LogP contribution in [0, 0.1) is 0 Å². The molecular formula is C10H14N6OS2. The van der Waals surface area contributed by atoms with E-state index in [2.05, 4.69) is 25.8 Å². The zero-order valence-corrected chi connectivity index (χ0v) is 12.0. The number of nitrogens with one attached hydrogen (secondary N) is 2. The summed E-state index contributed by atoms with van der Waals surface area (Å²) < 4.78 is 1.87. The highest BCUT2D eigenvalue weighted by Crippen LogP contribution is 2.13. The van der Waals surface area contributed by atoms with Crippen LogP contribution in [0.5, 0.6) is 0 Å². The van der Waals surface area contributed by atoms with Crippen molar-refractivity contribution in [3.8, 4) is 0 Å². The standard InChI is InChI=1S/C10H14N6OS2/c1-16-7-13-15-10(16)19-5-2-3-11-8(17)14-9-12-4-6-18-9/h4,6-7H,2-3,5H2,1H3,(H2,11,12,14,17). The number of rotatable bonds is 6. The molecule has 2 N–H and O–H groups in total. The minimum absolute atomic E-state index is 0.224. The first kappa shape index (κ1) is 13.8. The Morgan fingerprint density at radius 3 is 3.16 bits per heavy atom. The second-order valence-electron chi connectivity index (χ2n) is 3.64. The summed E-state index contributed by atoms with van der Waals surface area (Å²) in [4.78, 5) is 15.4. The highest BCUT2D eigenvalue weighted by Gasteiger charge is 2.03. The van der Waals surface area contributed by atoms with Crippen molar-refractivity contribution in [2.45, 2.75) is 11.6 Å². The molecule has 0 saturated heterocycles. The quantitative estimate of drug-likeness (QED) is 0.624. The first-order valence-electron chi connectivity index (χ1n) is 5.67.